The van der Waals surface area contributed by atoms with Crippen LogP contribution in [0.1, 0.15) is 47.1 Å². The maximum atomic E-state index is 14.5. The zero-order valence-electron chi connectivity index (χ0n) is 22.6. The van der Waals surface area contributed by atoms with E-state index in [1.165, 1.54) is 4.90 Å². The topological polar surface area (TPSA) is 97.3 Å². The van der Waals surface area contributed by atoms with E-state index in [9.17, 15) is 14.4 Å². The number of ether oxygens (including phenoxy) is 2. The lowest BCUT2D eigenvalue weighted by molar-refractivity contribution is -0.159. The fourth-order valence-electron chi connectivity index (χ4n) is 7.31. The van der Waals surface area contributed by atoms with Gasteiger partial charge in [-0.2, -0.15) is 5.10 Å². The van der Waals surface area contributed by atoms with Crippen LogP contribution in [0, 0.1) is 18.8 Å². The van der Waals surface area contributed by atoms with Gasteiger partial charge in [0, 0.05) is 17.2 Å². The van der Waals surface area contributed by atoms with Crippen molar-refractivity contribution in [1.29, 1.82) is 0 Å². The Bertz CT molecular complexity index is 1600. The highest BCUT2D eigenvalue weighted by atomic mass is 35.5. The molecule has 2 saturated heterocycles. The van der Waals surface area contributed by atoms with Crippen LogP contribution in [0.5, 0.6) is 0 Å². The van der Waals surface area contributed by atoms with Crippen molar-refractivity contribution in [2.24, 2.45) is 16.9 Å². The van der Waals surface area contributed by atoms with Gasteiger partial charge in [0.1, 0.15) is 0 Å². The second-order valence-corrected chi connectivity index (χ2v) is 11.7. The number of carbonyl (C=O) groups excluding carboxylic acids is 3. The van der Waals surface area contributed by atoms with E-state index in [4.69, 9.17) is 21.1 Å². The van der Waals surface area contributed by atoms with Crippen molar-refractivity contribution in [3.05, 3.63) is 99.6 Å². The summed E-state index contributed by atoms with van der Waals surface area (Å²) in [5, 5.41) is 4.89. The zero-order valence-corrected chi connectivity index (χ0v) is 23.4. The second kappa shape index (κ2) is 9.34. The highest BCUT2D eigenvalue weighted by Gasteiger charge is 2.68. The average Bonchev–Trinajstić information content (AvgIpc) is 3.51. The van der Waals surface area contributed by atoms with E-state index in [1.807, 2.05) is 61.5 Å². The van der Waals surface area contributed by atoms with Crippen molar-refractivity contribution in [3.63, 3.8) is 0 Å². The van der Waals surface area contributed by atoms with Gasteiger partial charge >= 0.3 is 0 Å². The first-order valence-electron chi connectivity index (χ1n) is 13.7. The number of hydrazone groups is 1. The third kappa shape index (κ3) is 3.74. The van der Waals surface area contributed by atoms with E-state index >= 15 is 0 Å². The summed E-state index contributed by atoms with van der Waals surface area (Å²) in [5.41, 5.74) is 6.58. The number of carbonyl (C=O) groups is 3. The Hall–Kier alpha value is -3.85. The van der Waals surface area contributed by atoms with Crippen molar-refractivity contribution < 1.29 is 23.9 Å². The zero-order chi connectivity index (χ0) is 28.5. The standard InChI is InChI=1S/C32H28ClN3O5/c1-18-11-12-19(33)15-24(18)36-29(38)27-26-20-7-3-5-9-22(20)32(28(27)30(36)39,23-10-6-4-8-21(23)26)17-34-35-25(37)16-31(2)40-13-14-41-31/h3-12,15,17,26-28H,13-14,16H2,1-2H3,(H,35,37)/b34-17+. The minimum atomic E-state index is -1.09. The van der Waals surface area contributed by atoms with Gasteiger partial charge in [-0.1, -0.05) is 66.2 Å². The van der Waals surface area contributed by atoms with Gasteiger partial charge in [0.15, 0.2) is 5.79 Å². The van der Waals surface area contributed by atoms with Gasteiger partial charge in [0.2, 0.25) is 17.7 Å². The first kappa shape index (κ1) is 26.1. The average molecular weight is 570 g/mol. The Labute approximate surface area is 242 Å². The SMILES string of the molecule is Cc1ccc(Cl)cc1N1C(=O)C2C3c4ccccc4C(/C=N/NC(=O)CC4(C)OCCO4)(c4ccccc43)C2C1=O. The number of benzene rings is 3. The Morgan fingerprint density at radius 1 is 1.02 bits per heavy atom. The molecule has 3 aliphatic carbocycles. The molecule has 2 heterocycles. The van der Waals surface area contributed by atoms with Crippen molar-refractivity contribution >= 4 is 41.2 Å². The van der Waals surface area contributed by atoms with Gasteiger partial charge in [0.25, 0.3) is 0 Å². The first-order chi connectivity index (χ1) is 19.7. The Kier molecular flexibility index (Phi) is 5.94. The lowest BCUT2D eigenvalue weighted by Gasteiger charge is -2.52. The molecule has 3 amide bonds. The quantitative estimate of drug-likeness (QED) is 0.278. The van der Waals surface area contributed by atoms with E-state index in [2.05, 4.69) is 10.5 Å². The summed E-state index contributed by atoms with van der Waals surface area (Å²) in [4.78, 5) is 42.9. The Morgan fingerprint density at radius 3 is 2.32 bits per heavy atom. The van der Waals surface area contributed by atoms with Gasteiger partial charge in [-0.3, -0.25) is 14.4 Å². The summed E-state index contributed by atoms with van der Waals surface area (Å²) in [6, 6.07) is 21.0. The van der Waals surface area contributed by atoms with Crippen molar-refractivity contribution in [1.82, 2.24) is 5.43 Å². The molecule has 2 unspecified atom stereocenters. The van der Waals surface area contributed by atoms with Gasteiger partial charge in [0.05, 0.1) is 42.6 Å². The molecular formula is C32H28ClN3O5. The van der Waals surface area contributed by atoms with E-state index < -0.39 is 23.0 Å². The predicted molar refractivity (Wildman–Crippen MR) is 153 cm³/mol. The minimum absolute atomic E-state index is 0.0299. The normalized spacial score (nSPS) is 27.2. The number of nitrogens with one attached hydrogen (secondary N) is 1. The molecule has 2 fully saturated rings. The second-order valence-electron chi connectivity index (χ2n) is 11.3. The lowest BCUT2D eigenvalue weighted by atomic mass is 9.47. The van der Waals surface area contributed by atoms with E-state index in [0.717, 1.165) is 27.8 Å². The van der Waals surface area contributed by atoms with Gasteiger partial charge in [-0.05, 0) is 53.8 Å². The number of halogens is 1. The molecule has 1 N–H and O–H groups in total. The maximum absolute atomic E-state index is 14.5. The van der Waals surface area contributed by atoms with Crippen molar-refractivity contribution in [3.8, 4) is 0 Å². The third-order valence-electron chi connectivity index (χ3n) is 8.93. The summed E-state index contributed by atoms with van der Waals surface area (Å²) in [7, 11) is 0. The molecule has 2 atom stereocenters. The summed E-state index contributed by atoms with van der Waals surface area (Å²) < 4.78 is 11.1. The molecule has 0 radical (unpaired) electrons. The number of anilines is 1. The van der Waals surface area contributed by atoms with Crippen LogP contribution in [0.15, 0.2) is 71.8 Å². The Morgan fingerprint density at radius 2 is 1.66 bits per heavy atom. The van der Waals surface area contributed by atoms with Crippen LogP contribution < -0.4 is 10.3 Å². The van der Waals surface area contributed by atoms with E-state index in [0.29, 0.717) is 23.9 Å². The van der Waals surface area contributed by atoms with E-state index in [1.54, 1.807) is 25.3 Å². The molecule has 8 nitrogen and oxygen atoms in total. The lowest BCUT2D eigenvalue weighted by Crippen LogP contribution is -2.54. The molecule has 41 heavy (non-hydrogen) atoms. The molecule has 2 aliphatic heterocycles. The van der Waals surface area contributed by atoms with Crippen LogP contribution in [0.3, 0.4) is 0 Å². The summed E-state index contributed by atoms with van der Waals surface area (Å²) >= 11 is 6.33. The van der Waals surface area contributed by atoms with Crippen LogP contribution >= 0.6 is 11.6 Å². The van der Waals surface area contributed by atoms with Gasteiger partial charge < -0.3 is 9.47 Å². The number of hydrogen-bond donors (Lipinski definition) is 1. The number of hydrogen-bond acceptors (Lipinski definition) is 6. The largest absolute Gasteiger partial charge is 0.347 e. The van der Waals surface area contributed by atoms with Crippen LogP contribution in [0.4, 0.5) is 5.69 Å². The van der Waals surface area contributed by atoms with Crippen LogP contribution in [0.2, 0.25) is 5.02 Å². The summed E-state index contributed by atoms with van der Waals surface area (Å²) in [6.07, 6.45) is 1.62. The van der Waals surface area contributed by atoms with E-state index in [-0.39, 0.29) is 30.1 Å². The fourth-order valence-corrected chi connectivity index (χ4v) is 7.47. The highest BCUT2D eigenvalue weighted by molar-refractivity contribution is 6.31. The van der Waals surface area contributed by atoms with Crippen LogP contribution in [0.25, 0.3) is 0 Å². The number of imide groups is 1. The van der Waals surface area contributed by atoms with Crippen molar-refractivity contribution in [2.75, 3.05) is 18.1 Å². The summed E-state index contributed by atoms with van der Waals surface area (Å²) in [5.74, 6) is -3.66. The molecule has 0 spiro atoms. The number of rotatable bonds is 5. The first-order valence-corrected chi connectivity index (χ1v) is 14.1. The predicted octanol–water partition coefficient (Wildman–Crippen LogP) is 4.45. The third-order valence-corrected chi connectivity index (χ3v) is 9.17. The van der Waals surface area contributed by atoms with Gasteiger partial charge in [-0.25, -0.2) is 10.3 Å². The molecule has 0 saturated carbocycles. The monoisotopic (exact) mass is 569 g/mol. The van der Waals surface area contributed by atoms with Gasteiger partial charge in [-0.15, -0.1) is 0 Å². The fraction of sp³-hybridized carbons (Fsp3) is 0.312. The highest BCUT2D eigenvalue weighted by Crippen LogP contribution is 2.63. The molecular weight excluding hydrogens is 542 g/mol. The molecule has 2 bridgehead atoms. The maximum Gasteiger partial charge on any atom is 0.245 e. The van der Waals surface area contributed by atoms with Crippen LogP contribution in [-0.4, -0.2) is 42.9 Å². The Balaban J connectivity index is 1.37. The molecule has 3 aromatic carbocycles. The molecule has 5 aliphatic rings. The molecule has 0 aromatic heterocycles. The molecule has 3 aromatic rings. The summed E-state index contributed by atoms with van der Waals surface area (Å²) in [6.45, 7) is 4.42. The smallest absolute Gasteiger partial charge is 0.245 e. The number of amides is 3. The molecule has 9 heteroatoms. The van der Waals surface area contributed by atoms with Crippen LogP contribution in [-0.2, 0) is 29.3 Å². The van der Waals surface area contributed by atoms with Crippen molar-refractivity contribution in [2.45, 2.75) is 37.4 Å². The number of nitrogens with zero attached hydrogens (tertiary/aromatic N) is 2. The number of aryl methyl sites for hydroxylation is 1. The molecule has 8 rings (SSSR count). The minimum Gasteiger partial charge on any atom is -0.347 e. The molecule has 208 valence electrons.